The lowest BCUT2D eigenvalue weighted by Crippen LogP contribution is -2.40. The van der Waals surface area contributed by atoms with Gasteiger partial charge >= 0.3 is 0 Å². The van der Waals surface area contributed by atoms with Gasteiger partial charge in [-0.15, -0.1) is 0 Å². The fourth-order valence-corrected chi connectivity index (χ4v) is 2.83. The highest BCUT2D eigenvalue weighted by Gasteiger charge is 2.27. The third-order valence-corrected chi connectivity index (χ3v) is 3.95. The van der Waals surface area contributed by atoms with Crippen LogP contribution < -0.4 is 5.32 Å². The van der Waals surface area contributed by atoms with Gasteiger partial charge in [0.15, 0.2) is 0 Å². The third kappa shape index (κ3) is 4.24. The molecule has 2 fully saturated rings. The highest BCUT2D eigenvalue weighted by atomic mass is 15.2. The van der Waals surface area contributed by atoms with Gasteiger partial charge in [0.2, 0.25) is 0 Å². The van der Waals surface area contributed by atoms with Crippen molar-refractivity contribution in [2.24, 2.45) is 0 Å². The van der Waals surface area contributed by atoms with E-state index in [1.807, 2.05) is 0 Å². The molecular weight excluding hydrogens is 224 g/mol. The molecule has 18 heavy (non-hydrogen) atoms. The van der Waals surface area contributed by atoms with Gasteiger partial charge in [0.1, 0.15) is 0 Å². The summed E-state index contributed by atoms with van der Waals surface area (Å²) in [5.74, 6) is 0. The Morgan fingerprint density at radius 1 is 1.39 bits per heavy atom. The van der Waals surface area contributed by atoms with Crippen molar-refractivity contribution in [2.45, 2.75) is 50.2 Å². The van der Waals surface area contributed by atoms with Crippen LogP contribution in [0, 0.1) is 11.3 Å². The summed E-state index contributed by atoms with van der Waals surface area (Å²) in [6, 6.07) is 3.78. The van der Waals surface area contributed by atoms with E-state index >= 15 is 0 Å². The molecule has 0 radical (unpaired) electrons. The first-order chi connectivity index (χ1) is 8.69. The lowest BCUT2D eigenvalue weighted by atomic mass is 10.2. The van der Waals surface area contributed by atoms with Crippen LogP contribution in [0.2, 0.25) is 0 Å². The number of nitrogens with one attached hydrogen (secondary N) is 1. The third-order valence-electron chi connectivity index (χ3n) is 3.95. The molecule has 2 atom stereocenters. The number of likely N-dealkylation sites (N-methyl/N-ethyl adjacent to an activating group) is 1. The molecule has 102 valence electrons. The van der Waals surface area contributed by atoms with E-state index in [1.54, 1.807) is 0 Å². The highest BCUT2D eigenvalue weighted by molar-refractivity contribution is 4.96. The van der Waals surface area contributed by atoms with Crippen molar-refractivity contribution in [1.29, 1.82) is 5.26 Å². The zero-order valence-electron chi connectivity index (χ0n) is 11.7. The van der Waals surface area contributed by atoms with Crippen molar-refractivity contribution >= 4 is 0 Å². The van der Waals surface area contributed by atoms with Crippen LogP contribution in [0.25, 0.3) is 0 Å². The molecule has 1 N–H and O–H groups in total. The second kappa shape index (κ2) is 6.51. The number of nitrogens with zero attached hydrogens (tertiary/aromatic N) is 3. The molecule has 2 unspecified atom stereocenters. The van der Waals surface area contributed by atoms with Gasteiger partial charge in [-0.2, -0.15) is 5.26 Å². The van der Waals surface area contributed by atoms with E-state index in [-0.39, 0.29) is 6.04 Å². The number of nitriles is 1. The molecule has 0 aromatic carbocycles. The molecule has 1 heterocycles. The molecule has 0 spiro atoms. The van der Waals surface area contributed by atoms with E-state index in [4.69, 9.17) is 5.26 Å². The van der Waals surface area contributed by atoms with Crippen LogP contribution in [0.5, 0.6) is 0 Å². The van der Waals surface area contributed by atoms with Crippen molar-refractivity contribution in [3.05, 3.63) is 0 Å². The molecule has 4 nitrogen and oxygen atoms in total. The summed E-state index contributed by atoms with van der Waals surface area (Å²) in [4.78, 5) is 4.84. The van der Waals surface area contributed by atoms with Crippen molar-refractivity contribution in [3.8, 4) is 6.07 Å². The maximum absolute atomic E-state index is 9.15. The summed E-state index contributed by atoms with van der Waals surface area (Å²) in [5, 5.41) is 12.6. The van der Waals surface area contributed by atoms with Crippen LogP contribution in [0.15, 0.2) is 0 Å². The summed E-state index contributed by atoms with van der Waals surface area (Å²) < 4.78 is 0. The lowest BCUT2D eigenvalue weighted by molar-refractivity contribution is 0.202. The Balaban J connectivity index is 1.72. The molecular formula is C14H26N4. The van der Waals surface area contributed by atoms with Crippen LogP contribution >= 0.6 is 0 Å². The first kappa shape index (κ1) is 13.8. The zero-order chi connectivity index (χ0) is 13.0. The van der Waals surface area contributed by atoms with Crippen molar-refractivity contribution in [1.82, 2.24) is 15.1 Å². The Kier molecular flexibility index (Phi) is 4.99. The Morgan fingerprint density at radius 3 is 2.78 bits per heavy atom. The minimum absolute atomic E-state index is 0.0538. The second-order valence-electron chi connectivity index (χ2n) is 6.01. The zero-order valence-corrected chi connectivity index (χ0v) is 11.7. The van der Waals surface area contributed by atoms with Crippen LogP contribution in [0.1, 0.15) is 32.1 Å². The minimum Gasteiger partial charge on any atom is -0.308 e. The Bertz CT molecular complexity index is 293. The summed E-state index contributed by atoms with van der Waals surface area (Å²) >= 11 is 0. The van der Waals surface area contributed by atoms with E-state index in [0.29, 0.717) is 12.1 Å². The van der Waals surface area contributed by atoms with Gasteiger partial charge in [-0.25, -0.2) is 0 Å². The van der Waals surface area contributed by atoms with Crippen LogP contribution in [-0.2, 0) is 0 Å². The van der Waals surface area contributed by atoms with Gasteiger partial charge in [0.05, 0.1) is 12.1 Å². The summed E-state index contributed by atoms with van der Waals surface area (Å²) in [6.45, 7) is 3.42. The quantitative estimate of drug-likeness (QED) is 0.733. The second-order valence-corrected chi connectivity index (χ2v) is 6.01. The van der Waals surface area contributed by atoms with Crippen molar-refractivity contribution in [2.75, 3.05) is 33.7 Å². The minimum atomic E-state index is 0.0538. The topological polar surface area (TPSA) is 42.3 Å². The van der Waals surface area contributed by atoms with Crippen LogP contribution in [0.4, 0.5) is 0 Å². The van der Waals surface area contributed by atoms with Gasteiger partial charge in [-0.1, -0.05) is 0 Å². The summed E-state index contributed by atoms with van der Waals surface area (Å²) in [5.41, 5.74) is 0. The standard InChI is InChI=1S/C14H26N4/c1-17(2)11-14-4-3-8-18(14)9-7-13(10-15)16-12-5-6-12/h12-14,16H,3-9,11H2,1-2H3. The highest BCUT2D eigenvalue weighted by Crippen LogP contribution is 2.21. The van der Waals surface area contributed by atoms with Crippen LogP contribution in [0.3, 0.4) is 0 Å². The fourth-order valence-electron chi connectivity index (χ4n) is 2.83. The molecule has 0 aromatic heterocycles. The molecule has 1 aliphatic heterocycles. The van der Waals surface area contributed by atoms with Crippen molar-refractivity contribution < 1.29 is 0 Å². The fraction of sp³-hybridized carbons (Fsp3) is 0.929. The lowest BCUT2D eigenvalue weighted by Gasteiger charge is -2.27. The largest absolute Gasteiger partial charge is 0.308 e. The first-order valence-corrected chi connectivity index (χ1v) is 7.23. The molecule has 4 heteroatoms. The summed E-state index contributed by atoms with van der Waals surface area (Å²) in [6.07, 6.45) is 6.10. The summed E-state index contributed by atoms with van der Waals surface area (Å²) in [7, 11) is 4.28. The predicted octanol–water partition coefficient (Wildman–Crippen LogP) is 1.05. The van der Waals surface area contributed by atoms with E-state index in [0.717, 1.165) is 19.5 Å². The molecule has 2 aliphatic rings. The van der Waals surface area contributed by atoms with E-state index in [2.05, 4.69) is 35.3 Å². The Morgan fingerprint density at radius 2 is 2.17 bits per heavy atom. The molecule has 0 aromatic rings. The maximum Gasteiger partial charge on any atom is 0.0967 e. The smallest absolute Gasteiger partial charge is 0.0967 e. The van der Waals surface area contributed by atoms with E-state index in [1.165, 1.54) is 32.2 Å². The monoisotopic (exact) mass is 250 g/mol. The normalized spacial score (nSPS) is 26.4. The SMILES string of the molecule is CN(C)CC1CCCN1CCC(C#N)NC1CC1. The predicted molar refractivity (Wildman–Crippen MR) is 73.3 cm³/mol. The molecule has 0 amide bonds. The maximum atomic E-state index is 9.15. The Labute approximate surface area is 111 Å². The van der Waals surface area contributed by atoms with Gasteiger partial charge in [0, 0.05) is 25.2 Å². The van der Waals surface area contributed by atoms with Gasteiger partial charge < -0.3 is 4.90 Å². The van der Waals surface area contributed by atoms with Gasteiger partial charge in [-0.05, 0) is 52.7 Å². The number of rotatable bonds is 7. The molecule has 1 aliphatic carbocycles. The van der Waals surface area contributed by atoms with Crippen LogP contribution in [-0.4, -0.2) is 61.7 Å². The molecule has 1 saturated heterocycles. The van der Waals surface area contributed by atoms with Crippen molar-refractivity contribution in [3.63, 3.8) is 0 Å². The first-order valence-electron chi connectivity index (χ1n) is 7.23. The van der Waals surface area contributed by atoms with E-state index < -0.39 is 0 Å². The number of hydrogen-bond acceptors (Lipinski definition) is 4. The number of likely N-dealkylation sites (tertiary alicyclic amines) is 1. The average Bonchev–Trinajstić information content (AvgIpc) is 3.04. The number of hydrogen-bond donors (Lipinski definition) is 1. The van der Waals surface area contributed by atoms with Gasteiger partial charge in [-0.3, -0.25) is 10.2 Å². The molecule has 1 saturated carbocycles. The van der Waals surface area contributed by atoms with Gasteiger partial charge in [0.25, 0.3) is 0 Å². The molecule has 2 rings (SSSR count). The average molecular weight is 250 g/mol. The molecule has 0 bridgehead atoms. The Hall–Kier alpha value is -0.630. The van der Waals surface area contributed by atoms with E-state index in [9.17, 15) is 0 Å².